The summed E-state index contributed by atoms with van der Waals surface area (Å²) < 4.78 is 281. The molecular formula is C52H42Cl4Cu2N14O28S8+8. The number of benzene rings is 8. The summed E-state index contributed by atoms with van der Waals surface area (Å²) >= 11 is 24.2. The predicted molar refractivity (Wildman–Crippen MR) is 378 cm³/mol. The molecule has 0 saturated heterocycles. The minimum absolute atomic E-state index is 0. The molecule has 108 heavy (non-hydrogen) atoms. The van der Waals surface area contributed by atoms with Crippen molar-refractivity contribution in [2.45, 2.75) is 39.2 Å². The zero-order valence-electron chi connectivity index (χ0n) is 59.1. The number of phenols is 4. The van der Waals surface area contributed by atoms with Crippen LogP contribution in [-0.4, -0.2) is 154 Å². The molecule has 0 aliphatic rings. The third kappa shape index (κ3) is 19.2. The van der Waals surface area contributed by atoms with Gasteiger partial charge in [0.05, 0.1) is 41.0 Å². The van der Waals surface area contributed by atoms with Crippen molar-refractivity contribution in [2.24, 2.45) is 20.5 Å². The monoisotopic (exact) mass is 1830 g/mol. The normalized spacial score (nSPS) is 12.7. The van der Waals surface area contributed by atoms with Gasteiger partial charge < -0.3 is 41.7 Å². The number of hydrogen-bond acceptors (Lipinski definition) is 34. The van der Waals surface area contributed by atoms with Crippen LogP contribution in [-0.2, 0) is 115 Å². The molecule has 8 aromatic carbocycles. The van der Waals surface area contributed by atoms with E-state index in [1.165, 1.54) is 0 Å². The number of fused-ring (bicyclic) bond motifs is 2. The van der Waals surface area contributed by atoms with Crippen LogP contribution in [0.3, 0.4) is 0 Å². The predicted octanol–water partition coefficient (Wildman–Crippen LogP) is 10.6. The van der Waals surface area contributed by atoms with Gasteiger partial charge in [0.25, 0.3) is 80.9 Å². The molecule has 16 N–H and O–H groups in total. The van der Waals surface area contributed by atoms with Gasteiger partial charge in [0.1, 0.15) is 42.3 Å². The Balaban J connectivity index is 0.0000132. The summed E-state index contributed by atoms with van der Waals surface area (Å²) in [6.45, 7) is 0. The summed E-state index contributed by atoms with van der Waals surface area (Å²) in [5, 5.41) is 63.1. The Labute approximate surface area is 657 Å². The Hall–Kier alpha value is -8.88. The van der Waals surface area contributed by atoms with Gasteiger partial charge in [-0.05, 0) is 130 Å². The first kappa shape index (κ1) is 84.7. The van der Waals surface area contributed by atoms with Gasteiger partial charge in [-0.15, -0.1) is 20.5 Å². The molecule has 578 valence electrons. The first-order valence-corrected chi connectivity index (χ1v) is 40.1. The molecular weight excluding hydrogens is 1790 g/mol. The van der Waals surface area contributed by atoms with Crippen molar-refractivity contribution in [3.8, 4) is 23.0 Å². The second kappa shape index (κ2) is 30.9. The minimum atomic E-state index is -5.52. The number of nitrogens with zero attached hydrogens (tertiary/aromatic N) is 10. The van der Waals surface area contributed by atoms with E-state index in [1.807, 2.05) is 0 Å². The molecule has 56 heteroatoms. The average molecular weight is 1840 g/mol. The molecule has 2 heterocycles. The standard InChI is InChI=1S/C52H34Cl4N14O28S8.2Cu/c53-29-13-27(101(81,82)83)17-33(43(29)71)67-69-41-37(105(93,94)95)9-21-7-25(99(75,76)77)15-31(39(21)45(41)73)59-51-63-47(55)61-49(65-51)57-23-5-3-19(35(11-23)103(87,88)89)1-2-20-4-6-24(12-36(20)104(90,91)92)58-50-62-48(56)64-52(66-50)60-32-16-26(100(78,79)80)8-22-10-38(106(96,97)98)42(46(74)40(22)32)70-68-34-18-28(102(84,85)86)14-30(54)44(34)72;;/h1-18,71-74H,(H,75,76,77)(H,78,79,80)(H,81,82,83)(H,84,85,86)(H,87,88,89)(H,90,91,92)(H,93,94,95)(H,96,97,98)(H2,57,59,61,63,65)(H2,58,60,62,64,66);;/p+8/b2-1+,69-67?,70-68?;;. The molecule has 2 radical (unpaired) electrons. The molecule has 0 aliphatic carbocycles. The Morgan fingerprint density at radius 2 is 0.630 bits per heavy atom. The van der Waals surface area contributed by atoms with Gasteiger partial charge >= 0.3 is 11.4 Å². The van der Waals surface area contributed by atoms with Crippen molar-refractivity contribution in [3.05, 3.63) is 129 Å². The van der Waals surface area contributed by atoms with Crippen LogP contribution in [0.4, 0.5) is 69.3 Å². The summed E-state index contributed by atoms with van der Waals surface area (Å²) in [7, 11) is -42.2. The fraction of sp³-hybridized carbons (Fsp3) is 0. The van der Waals surface area contributed by atoms with E-state index in [4.69, 9.17) is 46.4 Å². The van der Waals surface area contributed by atoms with Crippen molar-refractivity contribution in [1.29, 1.82) is 0 Å². The van der Waals surface area contributed by atoms with E-state index in [2.05, 4.69) is 71.6 Å². The average Bonchev–Trinajstić information content (AvgIpc) is 0.732. The van der Waals surface area contributed by atoms with E-state index in [1.54, 1.807) is 0 Å². The van der Waals surface area contributed by atoms with Gasteiger partial charge in [-0.1, -0.05) is 47.5 Å². The molecule has 0 spiro atoms. The maximum absolute atomic E-state index is 13.0. The molecule has 42 nitrogen and oxygen atoms in total. The number of phenolic OH excluding ortho intramolecular Hbond substituents is 4. The van der Waals surface area contributed by atoms with Gasteiger partial charge in [-0.3, -0.25) is 36.4 Å². The van der Waals surface area contributed by atoms with Gasteiger partial charge in [0.15, 0.2) is 23.0 Å². The van der Waals surface area contributed by atoms with Crippen LogP contribution in [0.1, 0.15) is 22.5 Å². The Morgan fingerprint density at radius 1 is 0.333 bits per heavy atom. The Kier molecular flexibility index (Phi) is 24.2. The number of nitrogens with one attached hydrogen (secondary N) is 4. The van der Waals surface area contributed by atoms with Crippen LogP contribution in [0.2, 0.25) is 20.6 Å². The molecule has 0 fully saturated rings. The summed E-state index contributed by atoms with van der Waals surface area (Å²) in [6, 6.07) is 11.6. The first-order valence-electron chi connectivity index (χ1n) is 27.0. The summed E-state index contributed by atoms with van der Waals surface area (Å²) in [6.07, 6.45) is 1.89. The van der Waals surface area contributed by atoms with Crippen molar-refractivity contribution < 1.29 is 170 Å². The zero-order chi connectivity index (χ0) is 78.3. The molecule has 0 atom stereocenters. The smallest absolute Gasteiger partial charge is 0.505 e. The third-order valence-electron chi connectivity index (χ3n) is 13.8. The largest absolute Gasteiger partial charge is 1.00 e. The molecule has 0 saturated carbocycles. The molecule has 0 aliphatic heterocycles. The fourth-order valence-electron chi connectivity index (χ4n) is 9.33. The molecule has 0 amide bonds. The number of aromatic hydroxyl groups is 4. The van der Waals surface area contributed by atoms with E-state index in [0.29, 0.717) is 60.7 Å². The molecule has 10 aromatic rings. The molecule has 0 unspecified atom stereocenters. The van der Waals surface area contributed by atoms with E-state index in [-0.39, 0.29) is 56.9 Å². The maximum atomic E-state index is 13.0. The van der Waals surface area contributed by atoms with Crippen LogP contribution in [0.15, 0.2) is 157 Å². The van der Waals surface area contributed by atoms with Crippen molar-refractivity contribution in [2.75, 3.05) is 21.3 Å². The Bertz CT molecular complexity index is 6260. The van der Waals surface area contributed by atoms with Crippen molar-refractivity contribution >= 4 is 230 Å². The SMILES string of the molecule is O=S(=O)(O)c1cc(Cl)c(O)c(N=Nc2c(S(=O)(=O)O)cc3cc(S(=O)(=O)O)cc(Nc4nc(Cl)nc(Nc5ccc(/C=C/c6ccc(Nc7nc(Cl)nc(Nc8cc(S(=O)(=O)O)cc9cc(S(=O)(=O)O)c(N=Nc%10cc(S(=O)(=O)O)cc(Cl)c%10O)c(O)c89)n7)cc6S(=O)(=O)O)c(S(=O)(=O)O)c5)n4)c3c2O)c1.[Cu].[Cu].[H+].[H+].[H+].[H+].[H+].[H+].[H+].[H+]. The van der Waals surface area contributed by atoms with Gasteiger partial charge in [0, 0.05) is 56.3 Å². The molecule has 0 bridgehead atoms. The molecule has 10 rings (SSSR count). The van der Waals surface area contributed by atoms with Crippen molar-refractivity contribution in [1.82, 2.24) is 29.9 Å². The quantitative estimate of drug-likeness (QED) is 0.0130. The van der Waals surface area contributed by atoms with Crippen LogP contribution >= 0.6 is 46.4 Å². The number of rotatable bonds is 22. The van der Waals surface area contributed by atoms with Gasteiger partial charge in [-0.2, -0.15) is 97.2 Å². The van der Waals surface area contributed by atoms with E-state index in [0.717, 1.165) is 48.6 Å². The first-order chi connectivity index (χ1) is 48.8. The Morgan fingerprint density at radius 3 is 0.926 bits per heavy atom. The maximum Gasteiger partial charge on any atom is 1.00 e. The van der Waals surface area contributed by atoms with Crippen molar-refractivity contribution in [3.63, 3.8) is 0 Å². The van der Waals surface area contributed by atoms with Gasteiger partial charge in [-0.25, -0.2) is 0 Å². The van der Waals surface area contributed by atoms with Gasteiger partial charge in [0.2, 0.25) is 34.4 Å². The second-order valence-electron chi connectivity index (χ2n) is 20.9. The minimum Gasteiger partial charge on any atom is -0.505 e. The summed E-state index contributed by atoms with van der Waals surface area (Å²) in [4.78, 5) is 15.1. The number of anilines is 8. The zero-order valence-corrected chi connectivity index (χ0v) is 62.6. The summed E-state index contributed by atoms with van der Waals surface area (Å²) in [5.74, 6) is -7.17. The van der Waals surface area contributed by atoms with E-state index < -0.39 is 254 Å². The number of halogens is 4. The van der Waals surface area contributed by atoms with Crippen LogP contribution < -0.4 is 21.3 Å². The topological polar surface area (TPSA) is 691 Å². The number of azo groups is 2. The van der Waals surface area contributed by atoms with E-state index in [9.17, 15) is 124 Å². The van der Waals surface area contributed by atoms with Crippen LogP contribution in [0.5, 0.6) is 23.0 Å². The van der Waals surface area contributed by atoms with Crippen LogP contribution in [0.25, 0.3) is 33.7 Å². The number of hydrogen-bond donors (Lipinski definition) is 16. The third-order valence-corrected chi connectivity index (χ3v) is 21.6. The van der Waals surface area contributed by atoms with E-state index >= 15 is 0 Å². The number of aromatic nitrogens is 6. The fourth-order valence-corrected chi connectivity index (χ4v) is 15.1. The molecule has 2 aromatic heterocycles. The summed E-state index contributed by atoms with van der Waals surface area (Å²) in [5.41, 5.74) is -6.78. The second-order valence-corrected chi connectivity index (χ2v) is 33.6. The van der Waals surface area contributed by atoms with Crippen LogP contribution in [0, 0.1) is 0 Å².